The van der Waals surface area contributed by atoms with Crippen LogP contribution in [0.25, 0.3) is 0 Å². The molecule has 1 fully saturated rings. The standard InChI is InChI=1S/C16H24N2O2/c1-12(20)18-15-8-6-13(7-9-15)10-17-16-5-3-2-4-14(16)11-19/h6-9,14,16-17,19H,2-5,10-11H2,1H3,(H,18,20). The Morgan fingerprint density at radius 1 is 1.25 bits per heavy atom. The van der Waals surface area contributed by atoms with Crippen LogP contribution in [0, 0.1) is 5.92 Å². The lowest BCUT2D eigenvalue weighted by Crippen LogP contribution is -2.39. The molecule has 2 unspecified atom stereocenters. The van der Waals surface area contributed by atoms with Gasteiger partial charge in [-0.25, -0.2) is 0 Å². The number of rotatable bonds is 5. The Kier molecular flexibility index (Phi) is 5.56. The summed E-state index contributed by atoms with van der Waals surface area (Å²) in [7, 11) is 0. The van der Waals surface area contributed by atoms with Crippen molar-refractivity contribution in [3.05, 3.63) is 29.8 Å². The Bertz CT molecular complexity index is 431. The number of amides is 1. The first-order chi connectivity index (χ1) is 9.69. The number of carbonyl (C=O) groups excluding carboxylic acids is 1. The van der Waals surface area contributed by atoms with E-state index in [2.05, 4.69) is 10.6 Å². The van der Waals surface area contributed by atoms with Crippen LogP contribution in [0.5, 0.6) is 0 Å². The van der Waals surface area contributed by atoms with Crippen molar-refractivity contribution in [1.29, 1.82) is 0 Å². The van der Waals surface area contributed by atoms with Gasteiger partial charge < -0.3 is 15.7 Å². The second-order valence-electron chi connectivity index (χ2n) is 5.59. The lowest BCUT2D eigenvalue weighted by Gasteiger charge is -2.31. The van der Waals surface area contributed by atoms with Crippen LogP contribution in [-0.2, 0) is 11.3 Å². The Labute approximate surface area is 120 Å². The topological polar surface area (TPSA) is 61.4 Å². The van der Waals surface area contributed by atoms with Crippen LogP contribution >= 0.6 is 0 Å². The molecule has 1 amide bonds. The highest BCUT2D eigenvalue weighted by Crippen LogP contribution is 2.24. The molecule has 1 aromatic rings. The van der Waals surface area contributed by atoms with Crippen LogP contribution in [-0.4, -0.2) is 23.7 Å². The second-order valence-corrected chi connectivity index (χ2v) is 5.59. The summed E-state index contributed by atoms with van der Waals surface area (Å²) in [6, 6.07) is 8.30. The molecular weight excluding hydrogens is 252 g/mol. The van der Waals surface area contributed by atoms with Crippen molar-refractivity contribution in [3.63, 3.8) is 0 Å². The zero-order valence-corrected chi connectivity index (χ0v) is 12.1. The van der Waals surface area contributed by atoms with E-state index >= 15 is 0 Å². The SMILES string of the molecule is CC(=O)Nc1ccc(CNC2CCCCC2CO)cc1. The van der Waals surface area contributed by atoms with Crippen LogP contribution in [0.1, 0.15) is 38.2 Å². The number of anilines is 1. The van der Waals surface area contributed by atoms with E-state index < -0.39 is 0 Å². The number of aliphatic hydroxyl groups excluding tert-OH is 1. The first-order valence-electron chi connectivity index (χ1n) is 7.40. The van der Waals surface area contributed by atoms with Gasteiger partial charge in [-0.05, 0) is 36.5 Å². The second kappa shape index (κ2) is 7.41. The minimum atomic E-state index is -0.0520. The average molecular weight is 276 g/mol. The van der Waals surface area contributed by atoms with Gasteiger partial charge in [0.1, 0.15) is 0 Å². The normalized spacial score (nSPS) is 22.5. The van der Waals surface area contributed by atoms with Crippen LogP contribution in [0.2, 0.25) is 0 Å². The largest absolute Gasteiger partial charge is 0.396 e. The molecule has 0 aromatic heterocycles. The van der Waals surface area contributed by atoms with Gasteiger partial charge in [-0.2, -0.15) is 0 Å². The first-order valence-corrected chi connectivity index (χ1v) is 7.40. The lowest BCUT2D eigenvalue weighted by molar-refractivity contribution is -0.114. The number of hydrogen-bond acceptors (Lipinski definition) is 3. The monoisotopic (exact) mass is 276 g/mol. The van der Waals surface area contributed by atoms with E-state index in [0.717, 1.165) is 25.1 Å². The van der Waals surface area contributed by atoms with Crippen molar-refractivity contribution >= 4 is 11.6 Å². The maximum absolute atomic E-state index is 11.0. The van der Waals surface area contributed by atoms with Crippen LogP contribution in [0.15, 0.2) is 24.3 Å². The molecule has 3 N–H and O–H groups in total. The predicted molar refractivity (Wildman–Crippen MR) is 80.4 cm³/mol. The minimum Gasteiger partial charge on any atom is -0.396 e. The highest BCUT2D eigenvalue weighted by Gasteiger charge is 2.23. The molecule has 1 saturated carbocycles. The molecule has 1 aromatic carbocycles. The third-order valence-electron chi connectivity index (χ3n) is 3.99. The fourth-order valence-electron chi connectivity index (χ4n) is 2.85. The number of benzene rings is 1. The van der Waals surface area contributed by atoms with E-state index in [1.807, 2.05) is 24.3 Å². The summed E-state index contributed by atoms with van der Waals surface area (Å²) in [5, 5.41) is 15.7. The smallest absolute Gasteiger partial charge is 0.221 e. The van der Waals surface area contributed by atoms with Crippen molar-refractivity contribution in [3.8, 4) is 0 Å². The maximum atomic E-state index is 11.0. The Morgan fingerprint density at radius 2 is 1.95 bits per heavy atom. The molecule has 4 heteroatoms. The van der Waals surface area contributed by atoms with E-state index in [9.17, 15) is 9.90 Å². The summed E-state index contributed by atoms with van der Waals surface area (Å²) >= 11 is 0. The quantitative estimate of drug-likeness (QED) is 0.773. The first kappa shape index (κ1) is 15.0. The Hall–Kier alpha value is -1.39. The average Bonchev–Trinajstić information content (AvgIpc) is 2.46. The summed E-state index contributed by atoms with van der Waals surface area (Å²) in [5.41, 5.74) is 2.02. The summed E-state index contributed by atoms with van der Waals surface area (Å²) < 4.78 is 0. The molecular formula is C16H24N2O2. The van der Waals surface area contributed by atoms with Gasteiger partial charge in [0.15, 0.2) is 0 Å². The fraction of sp³-hybridized carbons (Fsp3) is 0.562. The zero-order chi connectivity index (χ0) is 14.4. The highest BCUT2D eigenvalue weighted by molar-refractivity contribution is 5.88. The molecule has 110 valence electrons. The highest BCUT2D eigenvalue weighted by atomic mass is 16.3. The third kappa shape index (κ3) is 4.32. The zero-order valence-electron chi connectivity index (χ0n) is 12.1. The maximum Gasteiger partial charge on any atom is 0.221 e. The van der Waals surface area contributed by atoms with Gasteiger partial charge >= 0.3 is 0 Å². The van der Waals surface area contributed by atoms with Gasteiger partial charge in [-0.15, -0.1) is 0 Å². The molecule has 4 nitrogen and oxygen atoms in total. The van der Waals surface area contributed by atoms with E-state index in [-0.39, 0.29) is 12.5 Å². The number of carbonyl (C=O) groups is 1. The Balaban J connectivity index is 1.85. The molecule has 0 aliphatic heterocycles. The van der Waals surface area contributed by atoms with Crippen molar-refractivity contribution < 1.29 is 9.90 Å². The minimum absolute atomic E-state index is 0.0520. The predicted octanol–water partition coefficient (Wildman–Crippen LogP) is 2.29. The molecule has 1 aliphatic rings. The van der Waals surface area contributed by atoms with Gasteiger partial charge in [-0.1, -0.05) is 25.0 Å². The van der Waals surface area contributed by atoms with Gasteiger partial charge in [0.2, 0.25) is 5.91 Å². The molecule has 20 heavy (non-hydrogen) atoms. The van der Waals surface area contributed by atoms with E-state index in [1.54, 1.807) is 0 Å². The van der Waals surface area contributed by atoms with Gasteiger partial charge in [0.25, 0.3) is 0 Å². The molecule has 2 rings (SSSR count). The number of aliphatic hydroxyl groups is 1. The third-order valence-corrected chi connectivity index (χ3v) is 3.99. The van der Waals surface area contributed by atoms with Crippen molar-refractivity contribution in [2.24, 2.45) is 5.92 Å². The van der Waals surface area contributed by atoms with Crippen LogP contribution in [0.4, 0.5) is 5.69 Å². The lowest BCUT2D eigenvalue weighted by atomic mass is 9.85. The summed E-state index contributed by atoms with van der Waals surface area (Å²) in [6.07, 6.45) is 4.75. The molecule has 2 atom stereocenters. The van der Waals surface area contributed by atoms with Crippen LogP contribution in [0.3, 0.4) is 0 Å². The van der Waals surface area contributed by atoms with Crippen molar-refractivity contribution in [1.82, 2.24) is 5.32 Å². The summed E-state index contributed by atoms with van der Waals surface area (Å²) in [4.78, 5) is 11.0. The van der Waals surface area contributed by atoms with Gasteiger partial charge in [0.05, 0.1) is 0 Å². The molecule has 0 spiro atoms. The van der Waals surface area contributed by atoms with E-state index in [4.69, 9.17) is 0 Å². The molecule has 1 aliphatic carbocycles. The molecule has 0 bridgehead atoms. The van der Waals surface area contributed by atoms with Gasteiger partial charge in [-0.3, -0.25) is 4.79 Å². The molecule has 0 radical (unpaired) electrons. The molecule has 0 saturated heterocycles. The fourth-order valence-corrected chi connectivity index (χ4v) is 2.85. The summed E-state index contributed by atoms with van der Waals surface area (Å²) in [5.74, 6) is 0.339. The molecule has 0 heterocycles. The Morgan fingerprint density at radius 3 is 2.60 bits per heavy atom. The van der Waals surface area contributed by atoms with Crippen molar-refractivity contribution in [2.45, 2.75) is 45.2 Å². The summed E-state index contributed by atoms with van der Waals surface area (Å²) in [6.45, 7) is 2.59. The van der Waals surface area contributed by atoms with E-state index in [1.165, 1.54) is 25.3 Å². The van der Waals surface area contributed by atoms with E-state index in [0.29, 0.717) is 12.0 Å². The van der Waals surface area contributed by atoms with Gasteiger partial charge in [0, 0.05) is 31.8 Å². The number of hydrogen-bond donors (Lipinski definition) is 3. The van der Waals surface area contributed by atoms with Crippen LogP contribution < -0.4 is 10.6 Å². The van der Waals surface area contributed by atoms with Crippen molar-refractivity contribution in [2.75, 3.05) is 11.9 Å². The number of nitrogens with one attached hydrogen (secondary N) is 2.